The molecule has 19 heavy (non-hydrogen) atoms. The first-order valence-electron chi connectivity index (χ1n) is 5.66. The maximum absolute atomic E-state index is 9.98. The fourth-order valence-electron chi connectivity index (χ4n) is 1.52. The van der Waals surface area contributed by atoms with Crippen molar-refractivity contribution in [1.82, 2.24) is 5.32 Å². The van der Waals surface area contributed by atoms with Gasteiger partial charge in [0.25, 0.3) is 0 Å². The summed E-state index contributed by atoms with van der Waals surface area (Å²) in [5.74, 6) is 3.43. The van der Waals surface area contributed by atoms with Crippen molar-refractivity contribution in [3.05, 3.63) is 30.0 Å². The molecule has 1 aromatic rings. The zero-order valence-corrected chi connectivity index (χ0v) is 11.2. The smallest absolute Gasteiger partial charge is 0.203 e. The second-order valence-corrected chi connectivity index (χ2v) is 3.52. The molecule has 0 atom stereocenters. The lowest BCUT2D eigenvalue weighted by atomic mass is 10.2. The third kappa shape index (κ3) is 4.08. The Balaban J connectivity index is 2.92. The lowest BCUT2D eigenvalue weighted by Gasteiger charge is -2.12. The molecular weight excluding hydrogens is 246 g/mol. The molecule has 1 aromatic carbocycles. The van der Waals surface area contributed by atoms with Gasteiger partial charge >= 0.3 is 0 Å². The Bertz CT molecular complexity index is 465. The van der Waals surface area contributed by atoms with E-state index in [1.807, 2.05) is 18.2 Å². The number of ether oxygens (including phenoxy) is 3. The standard InChI is InChI=1S/C14H17NO4/c1-17-12-9-11(5-7-15-6-4-8-16)10-13(18-2)14(12)19-3/h4-5,7,9-10,15H,6H2,1-3H3. The summed E-state index contributed by atoms with van der Waals surface area (Å²) in [7, 11) is 4.69. The average Bonchev–Trinajstić information content (AvgIpc) is 2.45. The molecule has 0 heterocycles. The third-order valence-corrected chi connectivity index (χ3v) is 2.38. The minimum absolute atomic E-state index is 0.435. The Morgan fingerprint density at radius 3 is 2.26 bits per heavy atom. The van der Waals surface area contributed by atoms with E-state index in [2.05, 4.69) is 5.32 Å². The molecule has 0 fully saturated rings. The summed E-state index contributed by atoms with van der Waals surface area (Å²) < 4.78 is 15.7. The van der Waals surface area contributed by atoms with Crippen LogP contribution in [-0.4, -0.2) is 33.8 Å². The fourth-order valence-corrected chi connectivity index (χ4v) is 1.52. The lowest BCUT2D eigenvalue weighted by Crippen LogP contribution is -2.03. The summed E-state index contributed by atoms with van der Waals surface area (Å²) in [6.07, 6.45) is 4.93. The van der Waals surface area contributed by atoms with Crippen molar-refractivity contribution >= 4 is 12.0 Å². The molecule has 0 radical (unpaired) electrons. The fraction of sp³-hybridized carbons (Fsp3) is 0.286. The molecule has 0 saturated heterocycles. The van der Waals surface area contributed by atoms with Crippen LogP contribution in [0.1, 0.15) is 5.56 Å². The van der Waals surface area contributed by atoms with Gasteiger partial charge in [-0.1, -0.05) is 0 Å². The highest BCUT2D eigenvalue weighted by Crippen LogP contribution is 2.38. The molecule has 1 N–H and O–H groups in total. The van der Waals surface area contributed by atoms with Crippen molar-refractivity contribution < 1.29 is 19.0 Å². The van der Waals surface area contributed by atoms with Crippen molar-refractivity contribution in [3.8, 4) is 17.2 Å². The number of nitrogens with one attached hydrogen (secondary N) is 1. The maximum atomic E-state index is 9.98. The van der Waals surface area contributed by atoms with E-state index in [1.165, 1.54) is 6.08 Å². The van der Waals surface area contributed by atoms with Gasteiger partial charge in [0.05, 0.1) is 21.3 Å². The molecular formula is C14H17NO4. The Labute approximate surface area is 112 Å². The van der Waals surface area contributed by atoms with E-state index in [0.29, 0.717) is 23.8 Å². The van der Waals surface area contributed by atoms with Crippen molar-refractivity contribution in [2.24, 2.45) is 0 Å². The molecule has 0 aliphatic rings. The lowest BCUT2D eigenvalue weighted by molar-refractivity contribution is 0.324. The molecule has 0 saturated carbocycles. The van der Waals surface area contributed by atoms with E-state index >= 15 is 0 Å². The van der Waals surface area contributed by atoms with Crippen LogP contribution in [0.2, 0.25) is 0 Å². The molecule has 0 spiro atoms. The molecule has 0 aliphatic heterocycles. The van der Waals surface area contributed by atoms with Crippen LogP contribution >= 0.6 is 0 Å². The summed E-state index contributed by atoms with van der Waals surface area (Å²) in [6.45, 7) is 0.435. The minimum Gasteiger partial charge on any atom is -0.493 e. The van der Waals surface area contributed by atoms with Gasteiger partial charge in [0, 0.05) is 12.6 Å². The molecule has 0 amide bonds. The molecule has 1 rings (SSSR count). The van der Waals surface area contributed by atoms with Crippen LogP contribution in [0.5, 0.6) is 17.2 Å². The summed E-state index contributed by atoms with van der Waals surface area (Å²) in [4.78, 5) is 9.98. The minimum atomic E-state index is 0.435. The van der Waals surface area contributed by atoms with Gasteiger partial charge in [0.2, 0.25) is 5.75 Å². The number of hydrogen-bond donors (Lipinski definition) is 1. The van der Waals surface area contributed by atoms with Gasteiger partial charge < -0.3 is 19.5 Å². The van der Waals surface area contributed by atoms with E-state index < -0.39 is 0 Å². The van der Waals surface area contributed by atoms with Crippen LogP contribution in [0, 0.1) is 0 Å². The summed E-state index contributed by atoms with van der Waals surface area (Å²) in [6, 6.07) is 3.66. The van der Waals surface area contributed by atoms with Gasteiger partial charge in [-0.3, -0.25) is 0 Å². The van der Waals surface area contributed by atoms with Crippen LogP contribution in [0.15, 0.2) is 24.4 Å². The predicted octanol–water partition coefficient (Wildman–Crippen LogP) is 1.66. The second-order valence-electron chi connectivity index (χ2n) is 3.52. The molecule has 5 nitrogen and oxygen atoms in total. The van der Waals surface area contributed by atoms with Gasteiger partial charge in [0.15, 0.2) is 11.5 Å². The highest BCUT2D eigenvalue weighted by Gasteiger charge is 2.11. The first-order chi connectivity index (χ1) is 9.26. The number of methoxy groups -OCH3 is 3. The average molecular weight is 263 g/mol. The Kier molecular flexibility index (Phi) is 6.06. The van der Waals surface area contributed by atoms with Gasteiger partial charge in [-0.2, -0.15) is 0 Å². The van der Waals surface area contributed by atoms with E-state index in [1.54, 1.807) is 33.5 Å². The van der Waals surface area contributed by atoms with Gasteiger partial charge in [-0.25, -0.2) is 4.79 Å². The van der Waals surface area contributed by atoms with Crippen LogP contribution < -0.4 is 19.5 Å². The topological polar surface area (TPSA) is 56.8 Å². The Hall–Kier alpha value is -2.39. The Morgan fingerprint density at radius 1 is 1.16 bits per heavy atom. The monoisotopic (exact) mass is 263 g/mol. The van der Waals surface area contributed by atoms with Crippen molar-refractivity contribution in [2.75, 3.05) is 27.9 Å². The number of rotatable bonds is 7. The summed E-state index contributed by atoms with van der Waals surface area (Å²) in [5, 5.41) is 2.93. The van der Waals surface area contributed by atoms with Gasteiger partial charge in [-0.15, -0.1) is 0 Å². The van der Waals surface area contributed by atoms with E-state index in [0.717, 1.165) is 5.56 Å². The third-order valence-electron chi connectivity index (χ3n) is 2.38. The zero-order valence-electron chi connectivity index (χ0n) is 11.2. The van der Waals surface area contributed by atoms with E-state index in [9.17, 15) is 4.79 Å². The van der Waals surface area contributed by atoms with Crippen LogP contribution in [0.25, 0.3) is 6.08 Å². The van der Waals surface area contributed by atoms with Crippen LogP contribution in [0.4, 0.5) is 0 Å². The summed E-state index contributed by atoms with van der Waals surface area (Å²) >= 11 is 0. The zero-order chi connectivity index (χ0) is 14.1. The predicted molar refractivity (Wildman–Crippen MR) is 73.4 cm³/mol. The maximum Gasteiger partial charge on any atom is 0.203 e. The quantitative estimate of drug-likeness (QED) is 0.599. The first kappa shape index (κ1) is 14.7. The number of benzene rings is 1. The van der Waals surface area contributed by atoms with Crippen molar-refractivity contribution in [2.45, 2.75) is 0 Å². The molecule has 102 valence electrons. The largest absolute Gasteiger partial charge is 0.493 e. The number of carbonyl (C=O) groups excluding carboxylic acids is 1. The van der Waals surface area contributed by atoms with Crippen LogP contribution in [-0.2, 0) is 4.79 Å². The number of hydrogen-bond acceptors (Lipinski definition) is 5. The van der Waals surface area contributed by atoms with Crippen LogP contribution in [0.3, 0.4) is 0 Å². The van der Waals surface area contributed by atoms with E-state index in [4.69, 9.17) is 14.2 Å². The molecule has 5 heteroatoms. The second kappa shape index (κ2) is 7.84. The Morgan fingerprint density at radius 2 is 1.79 bits per heavy atom. The molecule has 0 unspecified atom stereocenters. The van der Waals surface area contributed by atoms with E-state index in [-0.39, 0.29) is 0 Å². The summed E-state index contributed by atoms with van der Waals surface area (Å²) in [5.41, 5.74) is 0.886. The van der Waals surface area contributed by atoms with Crippen molar-refractivity contribution in [3.63, 3.8) is 0 Å². The SMILES string of the molecule is COc1cc(C=CNCC=C=O)cc(OC)c1OC. The molecule has 0 bridgehead atoms. The van der Waals surface area contributed by atoms with Crippen molar-refractivity contribution in [1.29, 1.82) is 0 Å². The van der Waals surface area contributed by atoms with Gasteiger partial charge in [0.1, 0.15) is 5.94 Å². The normalized spacial score (nSPS) is 9.84. The highest BCUT2D eigenvalue weighted by molar-refractivity contribution is 5.62. The first-order valence-corrected chi connectivity index (χ1v) is 5.66. The molecule has 0 aromatic heterocycles. The highest BCUT2D eigenvalue weighted by atomic mass is 16.5. The van der Waals surface area contributed by atoms with Gasteiger partial charge in [-0.05, 0) is 30.0 Å². The molecule has 0 aliphatic carbocycles.